The van der Waals surface area contributed by atoms with Gasteiger partial charge in [-0.15, -0.1) is 0 Å². The van der Waals surface area contributed by atoms with Gasteiger partial charge in [0.05, 0.1) is 0 Å². The Morgan fingerprint density at radius 2 is 1.59 bits per heavy atom. The molecule has 1 heterocycles. The van der Waals surface area contributed by atoms with Crippen molar-refractivity contribution in [3.05, 3.63) is 22.7 Å². The topological polar surface area (TPSA) is 14.1 Å². The molecule has 0 amide bonds. The highest BCUT2D eigenvalue weighted by atomic mass is 32.2. The van der Waals surface area contributed by atoms with Gasteiger partial charge in [0.2, 0.25) is 0 Å². The molecule has 0 atom stereocenters. The molecule has 2 aliphatic rings. The van der Waals surface area contributed by atoms with Gasteiger partial charge >= 0.3 is 0 Å². The van der Waals surface area contributed by atoms with E-state index in [2.05, 4.69) is 23.8 Å². The maximum Gasteiger partial charge on any atom is 0.0372 e. The Labute approximate surface area is 110 Å². The first-order valence-electron chi connectivity index (χ1n) is 7.04. The summed E-state index contributed by atoms with van der Waals surface area (Å²) in [6.07, 6.45) is 16.6. The fourth-order valence-electron chi connectivity index (χ4n) is 2.86. The van der Waals surface area contributed by atoms with Gasteiger partial charge in [0.1, 0.15) is 0 Å². The van der Waals surface area contributed by atoms with Gasteiger partial charge in [-0.3, -0.25) is 5.32 Å². The fraction of sp³-hybridized carbons (Fsp3) is 0.733. The van der Waals surface area contributed by atoms with Crippen molar-refractivity contribution in [2.45, 2.75) is 64.7 Å². The van der Waals surface area contributed by atoms with Crippen molar-refractivity contribution < 1.29 is 0 Å². The van der Waals surface area contributed by atoms with Crippen molar-refractivity contribution in [2.24, 2.45) is 5.41 Å². The molecule has 0 unspecified atom stereocenters. The van der Waals surface area contributed by atoms with Crippen LogP contribution in [0.5, 0.6) is 0 Å². The van der Waals surface area contributed by atoms with Crippen LogP contribution in [-0.4, -0.2) is 0 Å². The van der Waals surface area contributed by atoms with E-state index in [1.54, 1.807) is 0 Å². The second-order valence-electron chi connectivity index (χ2n) is 5.58. The third-order valence-corrected chi connectivity index (χ3v) is 5.20. The molecule has 0 aromatic heterocycles. The molecule has 1 aliphatic heterocycles. The summed E-state index contributed by atoms with van der Waals surface area (Å²) in [7, 11) is 0. The van der Waals surface area contributed by atoms with Crippen molar-refractivity contribution in [1.29, 1.82) is 0 Å². The number of hydrogen-bond acceptors (Lipinski definition) is 1. The molecular formula is C15H24NS. The van der Waals surface area contributed by atoms with Gasteiger partial charge in [-0.2, -0.15) is 0 Å². The zero-order valence-electron chi connectivity index (χ0n) is 11.0. The molecule has 2 heteroatoms. The van der Waals surface area contributed by atoms with E-state index in [0.717, 1.165) is 0 Å². The Hall–Kier alpha value is -0.370. The van der Waals surface area contributed by atoms with Gasteiger partial charge in [0, 0.05) is 22.7 Å². The summed E-state index contributed by atoms with van der Waals surface area (Å²) in [6, 6.07) is 0. The predicted molar refractivity (Wildman–Crippen MR) is 76.6 cm³/mol. The van der Waals surface area contributed by atoms with Crippen LogP contribution in [0, 0.1) is 5.41 Å². The van der Waals surface area contributed by atoms with Crippen molar-refractivity contribution >= 4 is 11.8 Å². The number of nitrogens with zero attached hydrogens (tertiary/aromatic N) is 1. The lowest BCUT2D eigenvalue weighted by Gasteiger charge is -2.33. The smallest absolute Gasteiger partial charge is 0.0372 e. The van der Waals surface area contributed by atoms with Crippen LogP contribution in [0.1, 0.15) is 64.7 Å². The third-order valence-electron chi connectivity index (χ3n) is 4.09. The van der Waals surface area contributed by atoms with E-state index in [1.165, 1.54) is 62.7 Å². The van der Waals surface area contributed by atoms with Crippen LogP contribution in [-0.2, 0) is 0 Å². The summed E-state index contributed by atoms with van der Waals surface area (Å²) in [6.45, 7) is 2.45. The van der Waals surface area contributed by atoms with Crippen LogP contribution in [0.25, 0.3) is 0 Å². The molecule has 17 heavy (non-hydrogen) atoms. The van der Waals surface area contributed by atoms with E-state index in [4.69, 9.17) is 0 Å². The Morgan fingerprint density at radius 3 is 2.12 bits per heavy atom. The van der Waals surface area contributed by atoms with Crippen LogP contribution in [0.15, 0.2) is 22.7 Å². The van der Waals surface area contributed by atoms with Gasteiger partial charge in [-0.1, -0.05) is 63.6 Å². The van der Waals surface area contributed by atoms with Gasteiger partial charge < -0.3 is 0 Å². The van der Waals surface area contributed by atoms with Crippen LogP contribution in [0.2, 0.25) is 0 Å². The number of thioether (sulfide) groups is 1. The van der Waals surface area contributed by atoms with Crippen molar-refractivity contribution in [2.75, 3.05) is 0 Å². The Bertz CT molecular complexity index is 283. The van der Waals surface area contributed by atoms with Crippen molar-refractivity contribution in [1.82, 2.24) is 5.32 Å². The van der Waals surface area contributed by atoms with Crippen LogP contribution in [0.3, 0.4) is 0 Å². The van der Waals surface area contributed by atoms with Gasteiger partial charge in [0.15, 0.2) is 0 Å². The molecule has 2 rings (SSSR count). The molecule has 0 aromatic rings. The van der Waals surface area contributed by atoms with Gasteiger partial charge in [-0.05, 0) is 18.2 Å². The summed E-state index contributed by atoms with van der Waals surface area (Å²) in [4.78, 5) is 1.49. The number of hydrogen-bond donors (Lipinski definition) is 0. The number of allylic oxidation sites excluding steroid dienone is 1. The molecule has 95 valence electrons. The van der Waals surface area contributed by atoms with Crippen molar-refractivity contribution in [3.63, 3.8) is 0 Å². The molecule has 1 aliphatic carbocycles. The highest BCUT2D eigenvalue weighted by molar-refractivity contribution is 8.05. The quantitative estimate of drug-likeness (QED) is 0.625. The first-order valence-corrected chi connectivity index (χ1v) is 7.91. The highest BCUT2D eigenvalue weighted by Gasteiger charge is 2.29. The summed E-state index contributed by atoms with van der Waals surface area (Å²) < 4.78 is 0. The average molecular weight is 250 g/mol. The monoisotopic (exact) mass is 250 g/mol. The summed E-state index contributed by atoms with van der Waals surface area (Å²) in [5.41, 5.74) is 0.385. The van der Waals surface area contributed by atoms with E-state index in [0.29, 0.717) is 5.41 Å². The van der Waals surface area contributed by atoms with E-state index in [1.807, 2.05) is 18.0 Å². The lowest BCUT2D eigenvalue weighted by atomic mass is 9.78. The van der Waals surface area contributed by atoms with Crippen molar-refractivity contribution in [3.8, 4) is 0 Å². The summed E-state index contributed by atoms with van der Waals surface area (Å²) in [5.74, 6) is 0. The normalized spacial score (nSPS) is 25.8. The van der Waals surface area contributed by atoms with E-state index < -0.39 is 0 Å². The molecule has 1 nitrogen and oxygen atoms in total. The highest BCUT2D eigenvalue weighted by Crippen LogP contribution is 2.45. The minimum atomic E-state index is 0.385. The zero-order valence-corrected chi connectivity index (χ0v) is 11.8. The molecule has 0 saturated heterocycles. The first-order chi connectivity index (χ1) is 8.31. The fourth-order valence-corrected chi connectivity index (χ4v) is 3.75. The second kappa shape index (κ2) is 6.53. The maximum absolute atomic E-state index is 4.31. The minimum absolute atomic E-state index is 0.385. The van der Waals surface area contributed by atoms with Gasteiger partial charge in [-0.25, -0.2) is 0 Å². The first kappa shape index (κ1) is 13.1. The van der Waals surface area contributed by atoms with E-state index in [9.17, 15) is 0 Å². The molecule has 0 spiro atoms. The molecular weight excluding hydrogens is 226 g/mol. The largest absolute Gasteiger partial charge is 0.263 e. The Kier molecular flexibility index (Phi) is 5.02. The standard InChI is InChI=1S/C15H24NS/c1-15(14-13-16-11-12-17-14)9-7-5-3-2-4-6-8-10-15/h11-13H,2-10H2,1H3. The summed E-state index contributed by atoms with van der Waals surface area (Å²) in [5, 5.41) is 6.44. The number of rotatable bonds is 1. The Balaban J connectivity index is 1.99. The molecule has 1 radical (unpaired) electrons. The summed E-state index contributed by atoms with van der Waals surface area (Å²) >= 11 is 1.88. The third kappa shape index (κ3) is 3.80. The lowest BCUT2D eigenvalue weighted by Crippen LogP contribution is -2.20. The zero-order chi connectivity index (χ0) is 12.0. The molecule has 0 bridgehead atoms. The predicted octanol–water partition coefficient (Wildman–Crippen LogP) is 5.18. The molecule has 0 N–H and O–H groups in total. The Morgan fingerprint density at radius 1 is 1.00 bits per heavy atom. The molecule has 0 aromatic carbocycles. The molecule has 1 saturated carbocycles. The molecule has 1 fully saturated rings. The van der Waals surface area contributed by atoms with Crippen LogP contribution >= 0.6 is 11.8 Å². The SMILES string of the molecule is CC1(C2=C[N]C=CS2)CCCCCCCCC1. The van der Waals surface area contributed by atoms with Crippen LogP contribution < -0.4 is 5.32 Å². The average Bonchev–Trinajstić information content (AvgIpc) is 2.38. The lowest BCUT2D eigenvalue weighted by molar-refractivity contribution is 0.312. The van der Waals surface area contributed by atoms with E-state index in [-0.39, 0.29) is 0 Å². The van der Waals surface area contributed by atoms with Crippen LogP contribution in [0.4, 0.5) is 0 Å². The minimum Gasteiger partial charge on any atom is -0.263 e. The maximum atomic E-state index is 4.31. The van der Waals surface area contributed by atoms with Gasteiger partial charge in [0.25, 0.3) is 0 Å². The van der Waals surface area contributed by atoms with E-state index >= 15 is 0 Å². The second-order valence-corrected chi connectivity index (χ2v) is 6.53.